The number of rotatable bonds is 2. The minimum atomic E-state index is 0.238. The third-order valence-electron chi connectivity index (χ3n) is 3.91. The molecule has 0 saturated heterocycles. The molecule has 2 aliphatic heterocycles. The Labute approximate surface area is 114 Å². The molecule has 0 unspecified atom stereocenters. The summed E-state index contributed by atoms with van der Waals surface area (Å²) >= 11 is 0. The molecule has 0 aliphatic carbocycles. The van der Waals surface area contributed by atoms with Gasteiger partial charge in [-0.05, 0) is 30.9 Å². The van der Waals surface area contributed by atoms with Crippen molar-refractivity contribution in [1.29, 1.82) is 0 Å². The van der Waals surface area contributed by atoms with Crippen LogP contribution in [0.2, 0.25) is 0 Å². The lowest BCUT2D eigenvalue weighted by molar-refractivity contribution is -0.119. The summed E-state index contributed by atoms with van der Waals surface area (Å²) in [5.74, 6) is 0.238. The zero-order valence-corrected chi connectivity index (χ0v) is 11.2. The smallest absolute Gasteiger partial charge is 0.241 e. The van der Waals surface area contributed by atoms with Crippen molar-refractivity contribution in [3.8, 4) is 0 Å². The summed E-state index contributed by atoms with van der Waals surface area (Å²) in [5, 5.41) is 0. The van der Waals surface area contributed by atoms with Crippen LogP contribution in [0.4, 0.5) is 5.69 Å². The van der Waals surface area contributed by atoms with E-state index >= 15 is 0 Å². The van der Waals surface area contributed by atoms with E-state index in [4.69, 9.17) is 0 Å². The molecule has 0 N–H and O–H groups in total. The molecule has 0 fully saturated rings. The Morgan fingerprint density at radius 2 is 2.05 bits per heavy atom. The van der Waals surface area contributed by atoms with Crippen LogP contribution in [0.25, 0.3) is 0 Å². The zero-order valence-electron chi connectivity index (χ0n) is 11.2. The van der Waals surface area contributed by atoms with E-state index in [2.05, 4.69) is 35.3 Å². The highest BCUT2D eigenvalue weighted by Crippen LogP contribution is 2.26. The molecule has 0 atom stereocenters. The maximum Gasteiger partial charge on any atom is 0.241 e. The van der Waals surface area contributed by atoms with Crippen molar-refractivity contribution in [3.05, 3.63) is 42.0 Å². The predicted molar refractivity (Wildman–Crippen MR) is 77.3 cm³/mol. The number of fused-ring (bicyclic) bond motifs is 1. The van der Waals surface area contributed by atoms with Gasteiger partial charge in [0.1, 0.15) is 0 Å². The van der Waals surface area contributed by atoms with E-state index in [0.717, 1.165) is 44.6 Å². The molecule has 1 aromatic carbocycles. The van der Waals surface area contributed by atoms with Gasteiger partial charge >= 0.3 is 0 Å². The molecule has 2 heterocycles. The van der Waals surface area contributed by atoms with E-state index in [0.29, 0.717) is 6.54 Å². The first-order valence-electron chi connectivity index (χ1n) is 7.10. The molecule has 0 radical (unpaired) electrons. The third kappa shape index (κ3) is 2.71. The molecule has 0 aromatic heterocycles. The van der Waals surface area contributed by atoms with Crippen LogP contribution >= 0.6 is 0 Å². The molecular formula is C16H20N2O. The fourth-order valence-electron chi connectivity index (χ4n) is 2.90. The molecule has 1 amide bonds. The Morgan fingerprint density at radius 1 is 1.16 bits per heavy atom. The van der Waals surface area contributed by atoms with Gasteiger partial charge in [0.15, 0.2) is 0 Å². The second-order valence-corrected chi connectivity index (χ2v) is 5.27. The van der Waals surface area contributed by atoms with Gasteiger partial charge in [0.2, 0.25) is 5.91 Å². The van der Waals surface area contributed by atoms with Gasteiger partial charge in [0.05, 0.1) is 6.54 Å². The lowest BCUT2D eigenvalue weighted by Gasteiger charge is -2.32. The summed E-state index contributed by atoms with van der Waals surface area (Å²) in [6, 6.07) is 8.29. The number of anilines is 1. The van der Waals surface area contributed by atoms with E-state index < -0.39 is 0 Å². The molecule has 3 nitrogen and oxygen atoms in total. The highest BCUT2D eigenvalue weighted by molar-refractivity contribution is 5.95. The first kappa shape index (κ1) is 12.4. The molecule has 1 aromatic rings. The second kappa shape index (κ2) is 5.57. The van der Waals surface area contributed by atoms with Crippen molar-refractivity contribution in [2.75, 3.05) is 31.1 Å². The highest BCUT2D eigenvalue weighted by atomic mass is 16.2. The Hall–Kier alpha value is -1.61. The van der Waals surface area contributed by atoms with Crippen molar-refractivity contribution in [3.63, 3.8) is 0 Å². The van der Waals surface area contributed by atoms with E-state index in [-0.39, 0.29) is 5.91 Å². The molecule has 3 rings (SSSR count). The largest absolute Gasteiger partial charge is 0.311 e. The molecule has 19 heavy (non-hydrogen) atoms. The SMILES string of the molecule is O=C(CN1CC=CCC1)N1CCCc2ccccc21. The molecule has 0 spiro atoms. The second-order valence-electron chi connectivity index (χ2n) is 5.27. The first-order valence-corrected chi connectivity index (χ1v) is 7.10. The van der Waals surface area contributed by atoms with Gasteiger partial charge in [-0.25, -0.2) is 0 Å². The van der Waals surface area contributed by atoms with Crippen molar-refractivity contribution >= 4 is 11.6 Å². The van der Waals surface area contributed by atoms with Gasteiger partial charge in [0, 0.05) is 25.3 Å². The summed E-state index contributed by atoms with van der Waals surface area (Å²) in [6.45, 7) is 3.30. The quantitative estimate of drug-likeness (QED) is 0.758. The lowest BCUT2D eigenvalue weighted by Crippen LogP contribution is -2.43. The number of amides is 1. The molecule has 2 aliphatic rings. The normalized spacial score (nSPS) is 19.3. The minimum absolute atomic E-state index is 0.238. The maximum atomic E-state index is 12.5. The number of para-hydroxylation sites is 1. The van der Waals surface area contributed by atoms with E-state index in [9.17, 15) is 4.79 Å². The fraction of sp³-hybridized carbons (Fsp3) is 0.438. The van der Waals surface area contributed by atoms with Crippen LogP contribution in [-0.4, -0.2) is 37.0 Å². The summed E-state index contributed by atoms with van der Waals surface area (Å²) in [5.41, 5.74) is 2.42. The zero-order chi connectivity index (χ0) is 13.1. The van der Waals surface area contributed by atoms with Gasteiger partial charge in [-0.15, -0.1) is 0 Å². The number of nitrogens with zero attached hydrogens (tertiary/aromatic N) is 2. The number of hydrogen-bond donors (Lipinski definition) is 0. The lowest BCUT2D eigenvalue weighted by atomic mass is 10.0. The average molecular weight is 256 g/mol. The van der Waals surface area contributed by atoms with Crippen LogP contribution in [0.3, 0.4) is 0 Å². The van der Waals surface area contributed by atoms with E-state index in [1.165, 1.54) is 5.56 Å². The third-order valence-corrected chi connectivity index (χ3v) is 3.91. The molecular weight excluding hydrogens is 236 g/mol. The van der Waals surface area contributed by atoms with Crippen molar-refractivity contribution in [2.24, 2.45) is 0 Å². The number of carbonyl (C=O) groups is 1. The summed E-state index contributed by atoms with van der Waals surface area (Å²) < 4.78 is 0. The molecule has 3 heteroatoms. The number of benzene rings is 1. The Morgan fingerprint density at radius 3 is 2.89 bits per heavy atom. The average Bonchev–Trinajstić information content (AvgIpc) is 2.47. The van der Waals surface area contributed by atoms with Gasteiger partial charge in [-0.1, -0.05) is 30.4 Å². The van der Waals surface area contributed by atoms with Crippen molar-refractivity contribution < 1.29 is 4.79 Å². The van der Waals surface area contributed by atoms with Crippen LogP contribution in [0.15, 0.2) is 36.4 Å². The monoisotopic (exact) mass is 256 g/mol. The van der Waals surface area contributed by atoms with Crippen molar-refractivity contribution in [2.45, 2.75) is 19.3 Å². The van der Waals surface area contributed by atoms with Crippen LogP contribution in [0.1, 0.15) is 18.4 Å². The van der Waals surface area contributed by atoms with Gasteiger partial charge in [-0.2, -0.15) is 0 Å². The standard InChI is InChI=1S/C16H20N2O/c19-16(13-17-10-4-1-5-11-17)18-12-6-8-14-7-2-3-9-15(14)18/h1-4,7,9H,5-6,8,10-13H2. The van der Waals surface area contributed by atoms with Crippen LogP contribution in [0.5, 0.6) is 0 Å². The predicted octanol–water partition coefficient (Wildman–Crippen LogP) is 2.23. The Kier molecular flexibility index (Phi) is 3.65. The number of hydrogen-bond acceptors (Lipinski definition) is 2. The number of carbonyl (C=O) groups excluding carboxylic acids is 1. The summed E-state index contributed by atoms with van der Waals surface area (Å²) in [7, 11) is 0. The Bertz CT molecular complexity index is 495. The van der Waals surface area contributed by atoms with Crippen LogP contribution in [0, 0.1) is 0 Å². The van der Waals surface area contributed by atoms with Crippen LogP contribution in [-0.2, 0) is 11.2 Å². The van der Waals surface area contributed by atoms with E-state index in [1.54, 1.807) is 0 Å². The molecule has 100 valence electrons. The first-order chi connectivity index (χ1) is 9.34. The van der Waals surface area contributed by atoms with Gasteiger partial charge < -0.3 is 4.90 Å². The Balaban J connectivity index is 1.72. The minimum Gasteiger partial charge on any atom is -0.311 e. The maximum absolute atomic E-state index is 12.5. The molecule has 0 bridgehead atoms. The summed E-state index contributed by atoms with van der Waals surface area (Å²) in [6.07, 6.45) is 7.57. The highest BCUT2D eigenvalue weighted by Gasteiger charge is 2.23. The van der Waals surface area contributed by atoms with Gasteiger partial charge in [-0.3, -0.25) is 9.69 Å². The topological polar surface area (TPSA) is 23.6 Å². The summed E-state index contributed by atoms with van der Waals surface area (Å²) in [4.78, 5) is 16.7. The van der Waals surface area contributed by atoms with Crippen molar-refractivity contribution in [1.82, 2.24) is 4.90 Å². The number of aryl methyl sites for hydroxylation is 1. The molecule has 0 saturated carbocycles. The van der Waals surface area contributed by atoms with Gasteiger partial charge in [0.25, 0.3) is 0 Å². The van der Waals surface area contributed by atoms with Crippen LogP contribution < -0.4 is 4.90 Å². The van der Waals surface area contributed by atoms with E-state index in [1.807, 2.05) is 11.0 Å². The fourth-order valence-corrected chi connectivity index (χ4v) is 2.90.